The molecule has 4 N–H and O–H groups in total. The molecule has 0 saturated carbocycles. The number of carboxylic acids is 1. The number of ether oxygens (including phenoxy) is 2. The van der Waals surface area contributed by atoms with Gasteiger partial charge in [0, 0.05) is 5.56 Å². The zero-order valence-corrected chi connectivity index (χ0v) is 19.9. The fraction of sp³-hybridized carbons (Fsp3) is 0.217. The number of carbonyl (C=O) groups is 1. The third kappa shape index (κ3) is 4.65. The van der Waals surface area contributed by atoms with E-state index in [1.807, 2.05) is 36.4 Å². The molecule has 180 valence electrons. The Balaban J connectivity index is 1.44. The minimum Gasteiger partial charge on any atom is -0.486 e. The van der Waals surface area contributed by atoms with Crippen LogP contribution in [0.4, 0.5) is 11.5 Å². The number of halogens is 1. The molecule has 0 bridgehead atoms. The highest BCUT2D eigenvalue weighted by atomic mass is 35.5. The summed E-state index contributed by atoms with van der Waals surface area (Å²) in [7, 11) is 0. The Labute approximate surface area is 208 Å². The van der Waals surface area contributed by atoms with Crippen LogP contribution in [-0.4, -0.2) is 55.9 Å². The number of H-pyrrole nitrogens is 1. The molecule has 35 heavy (non-hydrogen) atoms. The Morgan fingerprint density at radius 2 is 2.06 bits per heavy atom. The van der Waals surface area contributed by atoms with Gasteiger partial charge in [-0.25, -0.2) is 19.8 Å². The molecular formula is C23H20ClN5O5S. The molecule has 2 aromatic carbocycles. The number of benzene rings is 2. The maximum atomic E-state index is 11.3. The Morgan fingerprint density at radius 3 is 2.83 bits per heavy atom. The lowest BCUT2D eigenvalue weighted by molar-refractivity contribution is -0.140. The van der Waals surface area contributed by atoms with Crippen molar-refractivity contribution in [3.8, 4) is 33.3 Å². The molecule has 3 aliphatic heterocycles. The maximum Gasteiger partial charge on any atom is 0.331 e. The molecule has 0 spiro atoms. The van der Waals surface area contributed by atoms with Gasteiger partial charge in [-0.15, -0.1) is 0 Å². The highest BCUT2D eigenvalue weighted by Gasteiger charge is 2.23. The van der Waals surface area contributed by atoms with E-state index in [0.717, 1.165) is 11.1 Å². The highest BCUT2D eigenvalue weighted by Crippen LogP contribution is 2.40. The molecule has 0 fully saturated rings. The van der Waals surface area contributed by atoms with Crippen LogP contribution in [0.3, 0.4) is 0 Å². The maximum absolute atomic E-state index is 11.3. The van der Waals surface area contributed by atoms with Gasteiger partial charge >= 0.3 is 5.97 Å². The van der Waals surface area contributed by atoms with Gasteiger partial charge in [-0.2, -0.15) is 0 Å². The number of aromatic amines is 1. The first-order chi connectivity index (χ1) is 16.9. The van der Waals surface area contributed by atoms with Gasteiger partial charge in [0.1, 0.15) is 24.7 Å². The number of hydrogen-bond donors (Lipinski definition) is 4. The van der Waals surface area contributed by atoms with Crippen molar-refractivity contribution < 1.29 is 24.5 Å². The van der Waals surface area contributed by atoms with Gasteiger partial charge in [0.25, 0.3) is 0 Å². The number of nitrogens with zero attached hydrogens (tertiary/aromatic N) is 3. The van der Waals surface area contributed by atoms with Crippen molar-refractivity contribution in [1.82, 2.24) is 14.3 Å². The topological polar surface area (TPSA) is 142 Å². The van der Waals surface area contributed by atoms with Crippen molar-refractivity contribution in [1.29, 1.82) is 0 Å². The second-order valence-electron chi connectivity index (χ2n) is 7.76. The van der Waals surface area contributed by atoms with Crippen LogP contribution < -0.4 is 20.3 Å². The van der Waals surface area contributed by atoms with Crippen LogP contribution in [0.5, 0.6) is 11.5 Å². The summed E-state index contributed by atoms with van der Waals surface area (Å²) in [6, 6.07) is 10.0. The summed E-state index contributed by atoms with van der Waals surface area (Å²) in [5, 5.41) is 23.2. The van der Waals surface area contributed by atoms with E-state index in [9.17, 15) is 15.0 Å². The molecule has 3 aliphatic rings. The van der Waals surface area contributed by atoms with Crippen LogP contribution >= 0.6 is 23.1 Å². The summed E-state index contributed by atoms with van der Waals surface area (Å²) in [6.07, 6.45) is 0.195. The molecule has 0 radical (unpaired) electrons. The molecule has 0 saturated heterocycles. The van der Waals surface area contributed by atoms with Gasteiger partial charge in [-0.05, 0) is 42.2 Å². The Bertz CT molecular complexity index is 1440. The van der Waals surface area contributed by atoms with Crippen molar-refractivity contribution in [3.63, 3.8) is 0 Å². The number of nitrogens with one attached hydrogen (secondary N) is 2. The van der Waals surface area contributed by atoms with Gasteiger partial charge in [0.15, 0.2) is 28.0 Å². The van der Waals surface area contributed by atoms with Crippen molar-refractivity contribution in [2.24, 2.45) is 4.99 Å². The average molecular weight is 514 g/mol. The normalized spacial score (nSPS) is 15.1. The molecule has 5 rings (SSSR count). The zero-order chi connectivity index (χ0) is 24.5. The van der Waals surface area contributed by atoms with Gasteiger partial charge < -0.3 is 25.0 Å². The number of carboxylic acid groups (broad SMARTS) is 1. The number of hydrogen-bond acceptors (Lipinski definition) is 9. The second kappa shape index (κ2) is 9.53. The van der Waals surface area contributed by atoms with Crippen LogP contribution in [0.2, 0.25) is 5.02 Å². The summed E-state index contributed by atoms with van der Waals surface area (Å²) in [4.78, 5) is 24.0. The van der Waals surface area contributed by atoms with Crippen LogP contribution in [-0.2, 0) is 4.79 Å². The fourth-order valence-corrected chi connectivity index (χ4v) is 4.63. The van der Waals surface area contributed by atoms with E-state index in [4.69, 9.17) is 21.1 Å². The largest absolute Gasteiger partial charge is 0.486 e. The van der Waals surface area contributed by atoms with E-state index in [-0.39, 0.29) is 5.49 Å². The van der Waals surface area contributed by atoms with Crippen molar-refractivity contribution in [2.45, 2.75) is 19.1 Å². The average Bonchev–Trinajstić information content (AvgIpc) is 3.25. The van der Waals surface area contributed by atoms with Gasteiger partial charge in [-0.3, -0.25) is 4.37 Å². The summed E-state index contributed by atoms with van der Waals surface area (Å²) >= 11 is 7.97. The number of aliphatic carboxylic acids is 1. The number of aromatic nitrogens is 3. The van der Waals surface area contributed by atoms with E-state index in [1.54, 1.807) is 0 Å². The predicted molar refractivity (Wildman–Crippen MR) is 131 cm³/mol. The van der Waals surface area contributed by atoms with E-state index in [0.29, 0.717) is 51.9 Å². The Hall–Kier alpha value is -3.67. The van der Waals surface area contributed by atoms with Gasteiger partial charge in [-0.1, -0.05) is 29.8 Å². The lowest BCUT2D eigenvalue weighted by atomic mass is 10.0. The molecular weight excluding hydrogens is 494 g/mol. The molecule has 12 heteroatoms. The first kappa shape index (κ1) is 23.1. The first-order valence-corrected chi connectivity index (χ1v) is 11.8. The molecule has 2 aromatic rings. The van der Waals surface area contributed by atoms with E-state index < -0.39 is 18.1 Å². The number of rotatable bonds is 6. The molecule has 0 amide bonds. The molecule has 0 aliphatic carbocycles. The van der Waals surface area contributed by atoms with E-state index >= 15 is 0 Å². The third-order valence-electron chi connectivity index (χ3n) is 5.31. The fourth-order valence-electron chi connectivity index (χ4n) is 3.61. The smallest absolute Gasteiger partial charge is 0.331 e. The lowest BCUT2D eigenvalue weighted by Gasteiger charge is -2.19. The number of aliphatic hydroxyl groups is 1. The zero-order valence-electron chi connectivity index (χ0n) is 18.4. The monoisotopic (exact) mass is 513 g/mol. The van der Waals surface area contributed by atoms with E-state index in [1.165, 1.54) is 24.7 Å². The summed E-state index contributed by atoms with van der Waals surface area (Å²) in [5.74, 6) is 0.722. The Kier molecular flexibility index (Phi) is 6.29. The highest BCUT2D eigenvalue weighted by molar-refractivity contribution is 7.09. The van der Waals surface area contributed by atoms with Gasteiger partial charge in [0.2, 0.25) is 0 Å². The number of aliphatic hydroxyl groups excluding tert-OH is 1. The van der Waals surface area contributed by atoms with Crippen LogP contribution in [0.25, 0.3) is 21.8 Å². The predicted octanol–water partition coefficient (Wildman–Crippen LogP) is 3.54. The molecule has 2 unspecified atom stereocenters. The summed E-state index contributed by atoms with van der Waals surface area (Å²) < 4.78 is 14.4. The van der Waals surface area contributed by atoms with Crippen LogP contribution in [0, 0.1) is 0 Å². The molecule has 2 atom stereocenters. The number of anilines is 2. The first-order valence-electron chi connectivity index (χ1n) is 10.6. The third-order valence-corrected chi connectivity index (χ3v) is 6.50. The van der Waals surface area contributed by atoms with Crippen molar-refractivity contribution in [2.75, 3.05) is 18.5 Å². The summed E-state index contributed by atoms with van der Waals surface area (Å²) in [5.41, 5.74) is 3.02. The van der Waals surface area contributed by atoms with Gasteiger partial charge in [0.05, 0.1) is 23.0 Å². The lowest BCUT2D eigenvalue weighted by Crippen LogP contribution is -2.32. The Morgan fingerprint density at radius 1 is 1.26 bits per heavy atom. The molecule has 0 aromatic heterocycles. The minimum atomic E-state index is -1.33. The molecule has 3 heterocycles. The second-order valence-corrected chi connectivity index (χ2v) is 8.94. The number of fused-ring (bicyclic) bond motifs is 2. The van der Waals surface area contributed by atoms with Crippen LogP contribution in [0.1, 0.15) is 6.92 Å². The van der Waals surface area contributed by atoms with Crippen molar-refractivity contribution >= 4 is 40.6 Å². The van der Waals surface area contributed by atoms with Crippen LogP contribution in [0.15, 0.2) is 47.6 Å². The molecule has 10 nitrogen and oxygen atoms in total. The van der Waals surface area contributed by atoms with Crippen molar-refractivity contribution in [3.05, 3.63) is 53.1 Å². The quantitative estimate of drug-likeness (QED) is 0.306. The SMILES string of the molecule is CC(O)C(N=c1cnc2c(Nc3cccc(-c4ccc5c(c4)OCCO5)c3Cl)[nH]sc-2n1)C(=O)O. The minimum absolute atomic E-state index is 0.117. The van der Waals surface area contributed by atoms with E-state index in [2.05, 4.69) is 24.7 Å². The standard InChI is InChI=1S/C23H20ClN5O5S/c1-11(30)19(23(31)32)27-17-10-25-20-21(29-35-22(20)28-17)26-14-4-2-3-13(18(14)24)12-5-6-15-16(9-12)34-8-7-33-15/h2-6,9-11,19,26,29-30H,7-8H2,1H3,(H,31,32). The summed E-state index contributed by atoms with van der Waals surface area (Å²) in [6.45, 7) is 2.38.